The fourth-order valence-electron chi connectivity index (χ4n) is 2.89. The van der Waals surface area contributed by atoms with Crippen LogP contribution >= 0.6 is 0 Å². The predicted molar refractivity (Wildman–Crippen MR) is 80.7 cm³/mol. The Morgan fingerprint density at radius 1 is 1.45 bits per heavy atom. The molecule has 0 aromatic carbocycles. The van der Waals surface area contributed by atoms with Gasteiger partial charge in [-0.2, -0.15) is 0 Å². The summed E-state index contributed by atoms with van der Waals surface area (Å²) in [6, 6.07) is 3.94. The first-order valence-electron chi connectivity index (χ1n) is 7.39. The Hall–Kier alpha value is -1.62. The second-order valence-corrected chi connectivity index (χ2v) is 5.39. The summed E-state index contributed by atoms with van der Waals surface area (Å²) in [5.74, 6) is 0.459. The fourth-order valence-corrected chi connectivity index (χ4v) is 2.89. The molecule has 1 heterocycles. The Kier molecular flexibility index (Phi) is 5.35. The minimum Gasteiger partial charge on any atom is -0.381 e. The van der Waals surface area contributed by atoms with Gasteiger partial charge in [-0.05, 0) is 30.9 Å². The van der Waals surface area contributed by atoms with Crippen LogP contribution in [0.25, 0.3) is 0 Å². The molecule has 1 fully saturated rings. The summed E-state index contributed by atoms with van der Waals surface area (Å²) in [6.45, 7) is 0.613. The lowest BCUT2D eigenvalue weighted by molar-refractivity contribution is 0.0958. The first-order valence-corrected chi connectivity index (χ1v) is 7.39. The van der Waals surface area contributed by atoms with Gasteiger partial charge in [0.25, 0.3) is 5.91 Å². The van der Waals surface area contributed by atoms with Crippen molar-refractivity contribution in [2.75, 3.05) is 18.9 Å². The zero-order valence-corrected chi connectivity index (χ0v) is 12.1. The molecule has 4 N–H and O–H groups in total. The molecular formula is C15H24N4O. The van der Waals surface area contributed by atoms with E-state index in [4.69, 9.17) is 5.73 Å². The molecule has 1 aliphatic rings. The van der Waals surface area contributed by atoms with E-state index in [0.29, 0.717) is 18.2 Å². The molecule has 0 spiro atoms. The van der Waals surface area contributed by atoms with E-state index in [9.17, 15) is 4.79 Å². The highest BCUT2D eigenvalue weighted by Gasteiger charge is 2.22. The van der Waals surface area contributed by atoms with Crippen LogP contribution in [-0.2, 0) is 0 Å². The van der Waals surface area contributed by atoms with Gasteiger partial charge in [-0.1, -0.05) is 19.3 Å². The van der Waals surface area contributed by atoms with Gasteiger partial charge >= 0.3 is 0 Å². The molecule has 5 heteroatoms. The minimum atomic E-state index is -0.171. The van der Waals surface area contributed by atoms with Crippen molar-refractivity contribution in [1.82, 2.24) is 10.3 Å². The monoisotopic (exact) mass is 276 g/mol. The van der Waals surface area contributed by atoms with E-state index in [-0.39, 0.29) is 11.9 Å². The number of nitrogens with zero attached hydrogens (tertiary/aromatic N) is 1. The summed E-state index contributed by atoms with van der Waals surface area (Å²) in [6.07, 6.45) is 8.06. The molecule has 1 aromatic rings. The van der Waals surface area contributed by atoms with E-state index < -0.39 is 0 Å². The zero-order chi connectivity index (χ0) is 14.4. The fraction of sp³-hybridized carbons (Fsp3) is 0.600. The first-order chi connectivity index (χ1) is 9.74. The van der Waals surface area contributed by atoms with Gasteiger partial charge in [0.2, 0.25) is 0 Å². The second kappa shape index (κ2) is 7.24. The van der Waals surface area contributed by atoms with Crippen molar-refractivity contribution in [3.05, 3.63) is 24.0 Å². The van der Waals surface area contributed by atoms with Crippen LogP contribution < -0.4 is 16.4 Å². The lowest BCUT2D eigenvalue weighted by atomic mass is 9.84. The van der Waals surface area contributed by atoms with Crippen molar-refractivity contribution in [2.45, 2.75) is 38.1 Å². The van der Waals surface area contributed by atoms with Crippen molar-refractivity contribution in [3.8, 4) is 0 Å². The number of nitrogens with one attached hydrogen (secondary N) is 2. The van der Waals surface area contributed by atoms with Crippen molar-refractivity contribution in [2.24, 2.45) is 11.7 Å². The van der Waals surface area contributed by atoms with Gasteiger partial charge < -0.3 is 16.4 Å². The van der Waals surface area contributed by atoms with Gasteiger partial charge in [0.05, 0.1) is 0 Å². The highest BCUT2D eigenvalue weighted by atomic mass is 16.1. The lowest BCUT2D eigenvalue weighted by Crippen LogP contribution is -2.37. The molecule has 1 aliphatic carbocycles. The number of carbonyl (C=O) groups is 1. The summed E-state index contributed by atoms with van der Waals surface area (Å²) >= 11 is 0. The number of aromatic nitrogens is 1. The number of pyridine rings is 1. The van der Waals surface area contributed by atoms with Gasteiger partial charge in [-0.15, -0.1) is 0 Å². The average molecular weight is 276 g/mol. The van der Waals surface area contributed by atoms with Crippen LogP contribution in [0.1, 0.15) is 42.6 Å². The molecule has 1 aromatic heterocycles. The van der Waals surface area contributed by atoms with Gasteiger partial charge in [0, 0.05) is 31.5 Å². The highest BCUT2D eigenvalue weighted by molar-refractivity contribution is 5.92. The van der Waals surface area contributed by atoms with E-state index in [0.717, 1.165) is 5.69 Å². The van der Waals surface area contributed by atoms with Crippen LogP contribution in [0.5, 0.6) is 0 Å². The molecule has 110 valence electrons. The zero-order valence-electron chi connectivity index (χ0n) is 12.1. The average Bonchev–Trinajstić information content (AvgIpc) is 2.53. The Morgan fingerprint density at radius 3 is 2.85 bits per heavy atom. The molecule has 5 nitrogen and oxygen atoms in total. The lowest BCUT2D eigenvalue weighted by Gasteiger charge is -2.30. The van der Waals surface area contributed by atoms with Crippen LogP contribution in [0, 0.1) is 5.92 Å². The maximum Gasteiger partial charge on any atom is 0.269 e. The summed E-state index contributed by atoms with van der Waals surface area (Å²) in [5, 5.41) is 6.06. The predicted octanol–water partition coefficient (Wildman–Crippen LogP) is 1.76. The van der Waals surface area contributed by atoms with Crippen LogP contribution in [0.2, 0.25) is 0 Å². The molecule has 0 radical (unpaired) electrons. The summed E-state index contributed by atoms with van der Waals surface area (Å²) < 4.78 is 0. The van der Waals surface area contributed by atoms with E-state index in [2.05, 4.69) is 15.6 Å². The van der Waals surface area contributed by atoms with Gasteiger partial charge in [-0.3, -0.25) is 9.78 Å². The third kappa shape index (κ3) is 3.70. The third-order valence-electron chi connectivity index (χ3n) is 4.04. The highest BCUT2D eigenvalue weighted by Crippen LogP contribution is 2.27. The van der Waals surface area contributed by atoms with Gasteiger partial charge in [0.15, 0.2) is 0 Å². The third-order valence-corrected chi connectivity index (χ3v) is 4.04. The van der Waals surface area contributed by atoms with Crippen LogP contribution in [0.3, 0.4) is 0 Å². The number of hydrogen-bond donors (Lipinski definition) is 3. The normalized spacial score (nSPS) is 17.5. The van der Waals surface area contributed by atoms with E-state index >= 15 is 0 Å². The molecule has 1 atom stereocenters. The number of carbonyl (C=O) groups excluding carboxylic acids is 1. The van der Waals surface area contributed by atoms with Crippen LogP contribution in [-0.4, -0.2) is 30.5 Å². The van der Waals surface area contributed by atoms with Crippen molar-refractivity contribution < 1.29 is 4.79 Å². The number of rotatable bonds is 5. The SMILES string of the molecule is CNC(=O)c1cc(NC(CN)C2CCCCC2)ccn1. The van der Waals surface area contributed by atoms with E-state index in [1.807, 2.05) is 6.07 Å². The quantitative estimate of drug-likeness (QED) is 0.765. The van der Waals surface area contributed by atoms with Gasteiger partial charge in [-0.25, -0.2) is 0 Å². The topological polar surface area (TPSA) is 80.0 Å². The molecule has 2 rings (SSSR count). The second-order valence-electron chi connectivity index (χ2n) is 5.39. The number of nitrogens with two attached hydrogens (primary N) is 1. The van der Waals surface area contributed by atoms with Crippen molar-refractivity contribution in [3.63, 3.8) is 0 Å². The summed E-state index contributed by atoms with van der Waals surface area (Å²) in [7, 11) is 1.61. The number of anilines is 1. The number of hydrogen-bond acceptors (Lipinski definition) is 4. The van der Waals surface area contributed by atoms with Crippen LogP contribution in [0.15, 0.2) is 18.3 Å². The molecule has 0 aliphatic heterocycles. The molecule has 1 unspecified atom stereocenters. The standard InChI is InChI=1S/C15H24N4O/c1-17-15(20)13-9-12(7-8-18-13)19-14(10-16)11-5-3-2-4-6-11/h7-9,11,14H,2-6,10,16H2,1H3,(H,17,20)(H,18,19). The molecule has 0 saturated heterocycles. The van der Waals surface area contributed by atoms with Crippen molar-refractivity contribution in [1.29, 1.82) is 0 Å². The minimum absolute atomic E-state index is 0.171. The Morgan fingerprint density at radius 2 is 2.20 bits per heavy atom. The summed E-state index contributed by atoms with van der Waals surface area (Å²) in [4.78, 5) is 15.7. The summed E-state index contributed by atoms with van der Waals surface area (Å²) in [5.41, 5.74) is 7.26. The first kappa shape index (κ1) is 14.8. The van der Waals surface area contributed by atoms with Crippen LogP contribution in [0.4, 0.5) is 5.69 Å². The van der Waals surface area contributed by atoms with Gasteiger partial charge in [0.1, 0.15) is 5.69 Å². The smallest absolute Gasteiger partial charge is 0.269 e. The molecule has 1 amide bonds. The molecular weight excluding hydrogens is 252 g/mol. The van der Waals surface area contributed by atoms with E-state index in [1.54, 1.807) is 19.3 Å². The molecule has 0 bridgehead atoms. The molecule has 1 saturated carbocycles. The largest absolute Gasteiger partial charge is 0.381 e. The Labute approximate surface area is 120 Å². The Balaban J connectivity index is 2.05. The number of amides is 1. The van der Waals surface area contributed by atoms with E-state index in [1.165, 1.54) is 32.1 Å². The Bertz CT molecular complexity index is 443. The molecule has 20 heavy (non-hydrogen) atoms. The van der Waals surface area contributed by atoms with Crippen molar-refractivity contribution >= 4 is 11.6 Å². The maximum absolute atomic E-state index is 11.6. The maximum atomic E-state index is 11.6.